The maximum Gasteiger partial charge on any atom is 0.168 e. The lowest BCUT2D eigenvalue weighted by Gasteiger charge is -2.04. The van der Waals surface area contributed by atoms with Gasteiger partial charge in [-0.1, -0.05) is 6.07 Å². The summed E-state index contributed by atoms with van der Waals surface area (Å²) < 4.78 is 5.09. The van der Waals surface area contributed by atoms with Gasteiger partial charge in [-0.05, 0) is 12.1 Å². The Labute approximate surface area is 92.9 Å². The molecule has 0 fully saturated rings. The highest BCUT2D eigenvalue weighted by atomic mass is 16.5. The Hall–Kier alpha value is -2.23. The Kier molecular flexibility index (Phi) is 2.91. The van der Waals surface area contributed by atoms with E-state index in [1.165, 1.54) is 0 Å². The summed E-state index contributed by atoms with van der Waals surface area (Å²) in [6.45, 7) is 0. The number of rotatable bonds is 3. The minimum atomic E-state index is 0.333. The average molecular weight is 214 g/mol. The third-order valence-electron chi connectivity index (χ3n) is 2.10. The van der Waals surface area contributed by atoms with E-state index in [1.807, 2.05) is 18.2 Å². The van der Waals surface area contributed by atoms with Crippen molar-refractivity contribution >= 4 is 6.29 Å². The molecule has 0 aromatic carbocycles. The fraction of sp³-hybridized carbons (Fsp3) is 0.0833. The number of carbonyl (C=O) groups excluding carboxylic acids is 1. The molecule has 0 atom stereocenters. The largest absolute Gasteiger partial charge is 0.497 e. The molecule has 2 aromatic heterocycles. The van der Waals surface area contributed by atoms with E-state index < -0.39 is 0 Å². The van der Waals surface area contributed by atoms with Gasteiger partial charge in [0.05, 0.1) is 18.5 Å². The summed E-state index contributed by atoms with van der Waals surface area (Å²) in [5, 5.41) is 0. The molecule has 0 aliphatic carbocycles. The molecular formula is C12H10N2O2. The van der Waals surface area contributed by atoms with Gasteiger partial charge in [-0.15, -0.1) is 0 Å². The molecule has 0 aliphatic rings. The van der Waals surface area contributed by atoms with Gasteiger partial charge >= 0.3 is 0 Å². The number of hydrogen-bond acceptors (Lipinski definition) is 4. The summed E-state index contributed by atoms with van der Waals surface area (Å²) in [5.41, 5.74) is 1.67. The first-order valence-electron chi connectivity index (χ1n) is 4.76. The third-order valence-corrected chi connectivity index (χ3v) is 2.10. The zero-order valence-corrected chi connectivity index (χ0v) is 8.75. The van der Waals surface area contributed by atoms with Gasteiger partial charge in [-0.3, -0.25) is 9.78 Å². The first-order chi connectivity index (χ1) is 7.83. The van der Waals surface area contributed by atoms with Crippen molar-refractivity contribution in [2.75, 3.05) is 7.11 Å². The second kappa shape index (κ2) is 4.53. The van der Waals surface area contributed by atoms with Gasteiger partial charge in [0.2, 0.25) is 0 Å². The average Bonchev–Trinajstić information content (AvgIpc) is 2.39. The predicted octanol–water partition coefficient (Wildman–Crippen LogP) is 1.96. The molecule has 16 heavy (non-hydrogen) atoms. The van der Waals surface area contributed by atoms with E-state index >= 15 is 0 Å². The van der Waals surface area contributed by atoms with E-state index in [9.17, 15) is 4.79 Å². The third kappa shape index (κ3) is 2.06. The van der Waals surface area contributed by atoms with Crippen LogP contribution >= 0.6 is 0 Å². The van der Waals surface area contributed by atoms with E-state index in [0.29, 0.717) is 29.1 Å². The number of aromatic nitrogens is 2. The highest BCUT2D eigenvalue weighted by Crippen LogP contribution is 2.20. The van der Waals surface area contributed by atoms with Crippen molar-refractivity contribution in [3.05, 3.63) is 42.2 Å². The minimum absolute atomic E-state index is 0.333. The number of ether oxygens (including phenoxy) is 1. The normalized spacial score (nSPS) is 9.81. The summed E-state index contributed by atoms with van der Waals surface area (Å²) in [5.74, 6) is 0.595. The Morgan fingerprint density at radius 2 is 2.12 bits per heavy atom. The van der Waals surface area contributed by atoms with Crippen LogP contribution in [0.25, 0.3) is 11.4 Å². The standard InChI is InChI=1S/C12H10N2O2/c1-16-10-6-9(8-15)14-12(7-10)11-4-2-3-5-13-11/h2-8H,1H3. The number of hydrogen-bond donors (Lipinski definition) is 0. The van der Waals surface area contributed by atoms with Gasteiger partial charge in [0, 0.05) is 18.3 Å². The Morgan fingerprint density at radius 1 is 1.25 bits per heavy atom. The van der Waals surface area contributed by atoms with Crippen LogP contribution in [0.2, 0.25) is 0 Å². The van der Waals surface area contributed by atoms with Crippen molar-refractivity contribution in [3.63, 3.8) is 0 Å². The van der Waals surface area contributed by atoms with Gasteiger partial charge in [-0.25, -0.2) is 4.98 Å². The number of aldehydes is 1. The number of nitrogens with zero attached hydrogens (tertiary/aromatic N) is 2. The maximum absolute atomic E-state index is 10.7. The van der Waals surface area contributed by atoms with Crippen LogP contribution in [-0.2, 0) is 0 Å². The molecule has 0 bridgehead atoms. The van der Waals surface area contributed by atoms with Crippen LogP contribution in [0.5, 0.6) is 5.75 Å². The smallest absolute Gasteiger partial charge is 0.168 e. The molecule has 4 heteroatoms. The van der Waals surface area contributed by atoms with Gasteiger partial charge in [-0.2, -0.15) is 0 Å². The molecule has 2 heterocycles. The quantitative estimate of drug-likeness (QED) is 0.733. The van der Waals surface area contributed by atoms with E-state index in [1.54, 1.807) is 25.4 Å². The van der Waals surface area contributed by atoms with Crippen LogP contribution in [-0.4, -0.2) is 23.4 Å². The van der Waals surface area contributed by atoms with Crippen molar-refractivity contribution in [3.8, 4) is 17.1 Å². The van der Waals surface area contributed by atoms with Crippen LogP contribution in [0.4, 0.5) is 0 Å². The molecule has 0 radical (unpaired) electrons. The highest BCUT2D eigenvalue weighted by Gasteiger charge is 2.05. The van der Waals surface area contributed by atoms with E-state index in [4.69, 9.17) is 4.74 Å². The molecule has 0 saturated heterocycles. The van der Waals surface area contributed by atoms with Crippen LogP contribution < -0.4 is 4.74 Å². The summed E-state index contributed by atoms with van der Waals surface area (Å²) in [7, 11) is 1.55. The molecule has 0 N–H and O–H groups in total. The van der Waals surface area contributed by atoms with Crippen LogP contribution in [0, 0.1) is 0 Å². The van der Waals surface area contributed by atoms with E-state index in [2.05, 4.69) is 9.97 Å². The first-order valence-corrected chi connectivity index (χ1v) is 4.76. The molecule has 0 unspecified atom stereocenters. The molecule has 0 amide bonds. The lowest BCUT2D eigenvalue weighted by Crippen LogP contribution is -1.94. The summed E-state index contributed by atoms with van der Waals surface area (Å²) in [6, 6.07) is 8.85. The SMILES string of the molecule is COc1cc(C=O)nc(-c2ccccn2)c1. The zero-order valence-electron chi connectivity index (χ0n) is 8.75. The lowest BCUT2D eigenvalue weighted by atomic mass is 10.2. The monoisotopic (exact) mass is 214 g/mol. The second-order valence-electron chi connectivity index (χ2n) is 3.15. The van der Waals surface area contributed by atoms with Gasteiger partial charge in [0.25, 0.3) is 0 Å². The van der Waals surface area contributed by atoms with Gasteiger partial charge in [0.1, 0.15) is 11.4 Å². The number of pyridine rings is 2. The molecule has 0 spiro atoms. The van der Waals surface area contributed by atoms with Crippen molar-refractivity contribution in [1.82, 2.24) is 9.97 Å². The van der Waals surface area contributed by atoms with Crippen LogP contribution in [0.1, 0.15) is 10.5 Å². The Bertz CT molecular complexity index is 498. The summed E-state index contributed by atoms with van der Waals surface area (Å²) in [4.78, 5) is 19.0. The van der Waals surface area contributed by atoms with E-state index in [0.717, 1.165) is 0 Å². The predicted molar refractivity (Wildman–Crippen MR) is 59.4 cm³/mol. The topological polar surface area (TPSA) is 52.1 Å². The first kappa shape index (κ1) is 10.3. The Balaban J connectivity index is 2.52. The second-order valence-corrected chi connectivity index (χ2v) is 3.15. The minimum Gasteiger partial charge on any atom is -0.497 e. The zero-order chi connectivity index (χ0) is 11.4. The van der Waals surface area contributed by atoms with Crippen molar-refractivity contribution < 1.29 is 9.53 Å². The van der Waals surface area contributed by atoms with Gasteiger partial charge in [0.15, 0.2) is 6.29 Å². The fourth-order valence-corrected chi connectivity index (χ4v) is 1.35. The molecule has 2 rings (SSSR count). The molecule has 80 valence electrons. The lowest BCUT2D eigenvalue weighted by molar-refractivity contribution is 0.111. The van der Waals surface area contributed by atoms with Crippen molar-refractivity contribution in [2.24, 2.45) is 0 Å². The van der Waals surface area contributed by atoms with Crippen LogP contribution in [0.3, 0.4) is 0 Å². The molecule has 0 aliphatic heterocycles. The Morgan fingerprint density at radius 3 is 2.75 bits per heavy atom. The molecule has 0 saturated carbocycles. The van der Waals surface area contributed by atoms with Crippen molar-refractivity contribution in [1.29, 1.82) is 0 Å². The van der Waals surface area contributed by atoms with Crippen molar-refractivity contribution in [2.45, 2.75) is 0 Å². The number of methoxy groups -OCH3 is 1. The van der Waals surface area contributed by atoms with E-state index in [-0.39, 0.29) is 0 Å². The summed E-state index contributed by atoms with van der Waals surface area (Å²) in [6.07, 6.45) is 2.37. The maximum atomic E-state index is 10.7. The number of carbonyl (C=O) groups is 1. The van der Waals surface area contributed by atoms with Gasteiger partial charge < -0.3 is 4.74 Å². The molecular weight excluding hydrogens is 204 g/mol. The fourth-order valence-electron chi connectivity index (χ4n) is 1.35. The highest BCUT2D eigenvalue weighted by molar-refractivity contribution is 5.74. The summed E-state index contributed by atoms with van der Waals surface area (Å²) >= 11 is 0. The molecule has 2 aromatic rings. The molecule has 4 nitrogen and oxygen atoms in total. The van der Waals surface area contributed by atoms with Crippen LogP contribution in [0.15, 0.2) is 36.5 Å².